The van der Waals surface area contributed by atoms with Crippen molar-refractivity contribution in [2.45, 2.75) is 12.8 Å². The molecule has 27 heavy (non-hydrogen) atoms. The molecule has 6 nitrogen and oxygen atoms in total. The molecule has 2 heterocycles. The summed E-state index contributed by atoms with van der Waals surface area (Å²) in [6, 6.07) is 5.29. The van der Waals surface area contributed by atoms with E-state index >= 15 is 0 Å². The van der Waals surface area contributed by atoms with E-state index in [2.05, 4.69) is 20.9 Å². The van der Waals surface area contributed by atoms with Crippen LogP contribution in [-0.4, -0.2) is 35.0 Å². The summed E-state index contributed by atoms with van der Waals surface area (Å²) in [5.74, 6) is -0.644. The van der Waals surface area contributed by atoms with Gasteiger partial charge in [-0.3, -0.25) is 10.2 Å². The van der Waals surface area contributed by atoms with Crippen molar-refractivity contribution in [3.63, 3.8) is 0 Å². The summed E-state index contributed by atoms with van der Waals surface area (Å²) in [7, 11) is 0. The third-order valence-electron chi connectivity index (χ3n) is 3.59. The highest BCUT2D eigenvalue weighted by atomic mass is 79.9. The predicted octanol–water partition coefficient (Wildman–Crippen LogP) is 4.27. The molecule has 1 aromatic carbocycles. The van der Waals surface area contributed by atoms with Gasteiger partial charge < -0.3 is 9.47 Å². The molecule has 1 aromatic heterocycles. The zero-order valence-electron chi connectivity index (χ0n) is 14.2. The van der Waals surface area contributed by atoms with Crippen molar-refractivity contribution < 1.29 is 19.1 Å². The lowest BCUT2D eigenvalue weighted by Crippen LogP contribution is -2.14. The molecule has 3 rings (SSSR count). The Morgan fingerprint density at radius 3 is 2.93 bits per heavy atom. The van der Waals surface area contributed by atoms with Gasteiger partial charge >= 0.3 is 5.97 Å². The molecule has 1 fully saturated rings. The van der Waals surface area contributed by atoms with E-state index in [9.17, 15) is 9.59 Å². The van der Waals surface area contributed by atoms with Gasteiger partial charge in [-0.15, -0.1) is 11.3 Å². The number of Topliss-reactive ketones (excluding diaryl/α,β-unsaturated/α-hetero) is 1. The lowest BCUT2D eigenvalue weighted by Gasteiger charge is -2.08. The molecule has 0 unspecified atom stereocenters. The second-order valence-corrected chi connectivity index (χ2v) is 8.29. The Morgan fingerprint density at radius 2 is 2.26 bits per heavy atom. The van der Waals surface area contributed by atoms with E-state index in [1.807, 2.05) is 0 Å². The van der Waals surface area contributed by atoms with Crippen LogP contribution in [0.15, 0.2) is 39.2 Å². The molecule has 0 amide bonds. The molecule has 0 bridgehead atoms. The Bertz CT molecular complexity index is 912. The number of carbonyl (C=O) groups is 2. The Morgan fingerprint density at radius 1 is 1.44 bits per heavy atom. The van der Waals surface area contributed by atoms with Crippen LogP contribution < -0.4 is 4.74 Å². The number of ether oxygens (including phenoxy) is 2. The molecule has 0 aliphatic carbocycles. The number of carbonyl (C=O) groups excluding carboxylic acids is 2. The molecular weight excluding hydrogens is 452 g/mol. The molecule has 0 radical (unpaired) electrons. The number of rotatable bonds is 6. The van der Waals surface area contributed by atoms with Crippen LogP contribution in [0.2, 0.25) is 0 Å². The molecule has 0 spiro atoms. The van der Waals surface area contributed by atoms with Crippen LogP contribution in [-0.2, 0) is 14.3 Å². The first-order chi connectivity index (χ1) is 13.0. The molecule has 1 N–H and O–H groups in total. The Kier molecular flexibility index (Phi) is 6.46. The van der Waals surface area contributed by atoms with Gasteiger partial charge in [-0.1, -0.05) is 17.8 Å². The largest absolute Gasteiger partial charge is 0.481 e. The van der Waals surface area contributed by atoms with Crippen molar-refractivity contribution in [3.05, 3.63) is 49.7 Å². The summed E-state index contributed by atoms with van der Waals surface area (Å²) in [5.41, 5.74) is 0.786. The van der Waals surface area contributed by atoms with Crippen molar-refractivity contribution in [1.29, 1.82) is 5.41 Å². The molecule has 0 saturated carbocycles. The Labute approximate surface area is 172 Å². The average molecular weight is 467 g/mol. The number of hydrogen-bond donors (Lipinski definition) is 1. The molecule has 2 aromatic rings. The smallest absolute Gasteiger partial charge is 0.344 e. The summed E-state index contributed by atoms with van der Waals surface area (Å²) in [4.78, 5) is 28.7. The fourth-order valence-electron chi connectivity index (χ4n) is 2.41. The zero-order chi connectivity index (χ0) is 19.4. The minimum atomic E-state index is -0.600. The van der Waals surface area contributed by atoms with Crippen LogP contribution >= 0.6 is 39.0 Å². The standard InChI is InChI=1S/C18H15BrN2O4S2/c1-2-24-14(22)9-25-12-4-3-10(7-11(12)19)8-13-16(23)15(17(20)27-13)18-21-5-6-26-18/h3-8,15,20H,2,9H2,1H3/b13-8-,20-17?/t15-/m1/s1. The van der Waals surface area contributed by atoms with Gasteiger partial charge in [-0.25, -0.2) is 9.78 Å². The van der Waals surface area contributed by atoms with E-state index in [4.69, 9.17) is 14.9 Å². The lowest BCUT2D eigenvalue weighted by molar-refractivity contribution is -0.145. The summed E-state index contributed by atoms with van der Waals surface area (Å²) in [6.07, 6.45) is 3.38. The number of nitrogens with one attached hydrogen (secondary N) is 1. The number of benzene rings is 1. The van der Waals surface area contributed by atoms with Crippen LogP contribution in [0.5, 0.6) is 5.75 Å². The van der Waals surface area contributed by atoms with E-state index in [1.54, 1.807) is 42.8 Å². The molecule has 9 heteroatoms. The highest BCUT2D eigenvalue weighted by molar-refractivity contribution is 9.10. The summed E-state index contributed by atoms with van der Waals surface area (Å²) in [6.45, 7) is 1.86. The Hall–Kier alpha value is -1.97. The second-order valence-electron chi connectivity index (χ2n) is 5.43. The van der Waals surface area contributed by atoms with Gasteiger partial charge in [0.2, 0.25) is 0 Å². The number of aromatic nitrogens is 1. The number of nitrogens with zero attached hydrogens (tertiary/aromatic N) is 1. The van der Waals surface area contributed by atoms with Gasteiger partial charge in [-0.2, -0.15) is 0 Å². The third-order valence-corrected chi connectivity index (χ3v) is 6.04. The van der Waals surface area contributed by atoms with Crippen molar-refractivity contribution >= 4 is 61.9 Å². The maximum absolute atomic E-state index is 12.7. The number of thiazole rings is 1. The summed E-state index contributed by atoms with van der Waals surface area (Å²) in [5, 5.41) is 10.8. The zero-order valence-corrected chi connectivity index (χ0v) is 17.4. The van der Waals surface area contributed by atoms with Crippen LogP contribution in [0.25, 0.3) is 6.08 Å². The van der Waals surface area contributed by atoms with E-state index in [-0.39, 0.29) is 17.4 Å². The molecule has 140 valence electrons. The average Bonchev–Trinajstić information content (AvgIpc) is 3.23. The van der Waals surface area contributed by atoms with Crippen LogP contribution in [0.3, 0.4) is 0 Å². The molecular formula is C18H15BrN2O4S2. The minimum Gasteiger partial charge on any atom is -0.481 e. The topological polar surface area (TPSA) is 89.3 Å². The fourth-order valence-corrected chi connectivity index (χ4v) is 4.72. The monoisotopic (exact) mass is 466 g/mol. The molecule has 1 atom stereocenters. The van der Waals surface area contributed by atoms with Crippen molar-refractivity contribution in [2.75, 3.05) is 13.2 Å². The fraction of sp³-hybridized carbons (Fsp3) is 0.222. The lowest BCUT2D eigenvalue weighted by atomic mass is 10.1. The molecule has 1 aliphatic heterocycles. The maximum Gasteiger partial charge on any atom is 0.344 e. The number of hydrogen-bond acceptors (Lipinski definition) is 8. The number of allylic oxidation sites excluding steroid dienone is 1. The Balaban J connectivity index is 1.74. The van der Waals surface area contributed by atoms with Gasteiger partial charge in [0.25, 0.3) is 0 Å². The quantitative estimate of drug-likeness (QED) is 0.504. The highest BCUT2D eigenvalue weighted by Crippen LogP contribution is 2.41. The van der Waals surface area contributed by atoms with Crippen LogP contribution in [0, 0.1) is 5.41 Å². The SMILES string of the molecule is CCOC(=O)COc1ccc(/C=C2\SC(=N)[C@H](c3nccs3)C2=O)cc1Br. The van der Waals surface area contributed by atoms with Crippen molar-refractivity contribution in [2.24, 2.45) is 0 Å². The van der Waals surface area contributed by atoms with Gasteiger partial charge in [0.15, 0.2) is 12.4 Å². The first-order valence-corrected chi connectivity index (χ1v) is 10.5. The summed E-state index contributed by atoms with van der Waals surface area (Å²) >= 11 is 5.94. The van der Waals surface area contributed by atoms with Gasteiger partial charge in [0.05, 0.1) is 21.0 Å². The van der Waals surface area contributed by atoms with Crippen molar-refractivity contribution in [1.82, 2.24) is 4.98 Å². The first kappa shape index (κ1) is 19.8. The van der Waals surface area contributed by atoms with E-state index < -0.39 is 11.9 Å². The second kappa shape index (κ2) is 8.81. The molecule has 1 aliphatic rings. The number of halogens is 1. The van der Waals surface area contributed by atoms with Crippen LogP contribution in [0.4, 0.5) is 0 Å². The highest BCUT2D eigenvalue weighted by Gasteiger charge is 2.38. The number of thioether (sulfide) groups is 1. The normalized spacial score (nSPS) is 18.1. The number of esters is 1. The van der Waals surface area contributed by atoms with Gasteiger partial charge in [0, 0.05) is 11.6 Å². The minimum absolute atomic E-state index is 0.112. The molecule has 1 saturated heterocycles. The van der Waals surface area contributed by atoms with Gasteiger partial charge in [0.1, 0.15) is 16.7 Å². The van der Waals surface area contributed by atoms with E-state index in [1.165, 1.54) is 11.3 Å². The third kappa shape index (κ3) is 4.66. The number of ketones is 1. The first-order valence-electron chi connectivity index (χ1n) is 7.99. The van der Waals surface area contributed by atoms with Crippen LogP contribution in [0.1, 0.15) is 23.4 Å². The van der Waals surface area contributed by atoms with E-state index in [0.29, 0.717) is 26.7 Å². The summed E-state index contributed by atoms with van der Waals surface area (Å²) < 4.78 is 10.9. The maximum atomic E-state index is 12.7. The van der Waals surface area contributed by atoms with Gasteiger partial charge in [-0.05, 0) is 46.6 Å². The van der Waals surface area contributed by atoms with E-state index in [0.717, 1.165) is 17.3 Å². The predicted molar refractivity (Wildman–Crippen MR) is 109 cm³/mol. The van der Waals surface area contributed by atoms with Crippen molar-refractivity contribution in [3.8, 4) is 5.75 Å².